The molecule has 3 heteroatoms. The van der Waals surface area contributed by atoms with Crippen molar-refractivity contribution in [3.05, 3.63) is 65.7 Å². The molecular weight excluding hydrogens is 252 g/mol. The summed E-state index contributed by atoms with van der Waals surface area (Å²) in [4.78, 5) is 0. The van der Waals surface area contributed by atoms with Crippen LogP contribution < -0.4 is 9.47 Å². The Bertz CT molecular complexity index is 605. The number of aliphatic hydroxyl groups is 1. The van der Waals surface area contributed by atoms with E-state index in [9.17, 15) is 5.11 Å². The Kier molecular flexibility index (Phi) is 3.70. The summed E-state index contributed by atoms with van der Waals surface area (Å²) in [6.45, 7) is 0.253. The fourth-order valence-electron chi connectivity index (χ4n) is 2.15. The minimum atomic E-state index is -0.538. The van der Waals surface area contributed by atoms with Crippen LogP contribution in [0.15, 0.2) is 54.6 Å². The maximum absolute atomic E-state index is 10.2. The van der Waals surface area contributed by atoms with Crippen LogP contribution in [0.25, 0.3) is 6.08 Å². The molecule has 0 aliphatic carbocycles. The summed E-state index contributed by atoms with van der Waals surface area (Å²) < 4.78 is 10.6. The van der Waals surface area contributed by atoms with Crippen LogP contribution in [0.2, 0.25) is 0 Å². The summed E-state index contributed by atoms with van der Waals surface area (Å²) in [5.74, 6) is 1.44. The maximum atomic E-state index is 10.2. The Morgan fingerprint density at radius 2 is 1.85 bits per heavy atom. The van der Waals surface area contributed by atoms with Crippen molar-refractivity contribution in [2.75, 3.05) is 6.79 Å². The standard InChI is InChI=1S/C17H16O3/c18-15(8-4-7-13-5-2-1-3-6-13)14-9-10-16-17(11-14)20-12-19-16/h1-7,9-11,15,18H,8,12H2/b7-4+. The van der Waals surface area contributed by atoms with E-state index in [0.717, 1.165) is 16.9 Å². The first-order valence-electron chi connectivity index (χ1n) is 6.62. The van der Waals surface area contributed by atoms with E-state index in [1.165, 1.54) is 0 Å². The Morgan fingerprint density at radius 3 is 2.70 bits per heavy atom. The van der Waals surface area contributed by atoms with Gasteiger partial charge < -0.3 is 14.6 Å². The molecule has 1 aliphatic heterocycles. The number of hydrogen-bond donors (Lipinski definition) is 1. The van der Waals surface area contributed by atoms with Gasteiger partial charge in [-0.05, 0) is 29.7 Å². The highest BCUT2D eigenvalue weighted by molar-refractivity contribution is 5.49. The van der Waals surface area contributed by atoms with Crippen LogP contribution in [0.4, 0.5) is 0 Å². The van der Waals surface area contributed by atoms with Crippen LogP contribution >= 0.6 is 0 Å². The largest absolute Gasteiger partial charge is 0.454 e. The second-order valence-corrected chi connectivity index (χ2v) is 4.68. The predicted octanol–water partition coefficient (Wildman–Crippen LogP) is 3.55. The lowest BCUT2D eigenvalue weighted by Crippen LogP contribution is -1.95. The summed E-state index contributed by atoms with van der Waals surface area (Å²) in [6.07, 6.45) is 4.01. The molecular formula is C17H16O3. The van der Waals surface area contributed by atoms with Crippen LogP contribution in [-0.4, -0.2) is 11.9 Å². The zero-order valence-electron chi connectivity index (χ0n) is 11.0. The van der Waals surface area contributed by atoms with Crippen molar-refractivity contribution in [3.8, 4) is 11.5 Å². The molecule has 0 spiro atoms. The number of ether oxygens (including phenoxy) is 2. The van der Waals surface area contributed by atoms with Gasteiger partial charge in [-0.25, -0.2) is 0 Å². The van der Waals surface area contributed by atoms with Gasteiger partial charge in [-0.15, -0.1) is 0 Å². The van der Waals surface area contributed by atoms with Crippen molar-refractivity contribution in [3.63, 3.8) is 0 Å². The van der Waals surface area contributed by atoms with Crippen LogP contribution in [0.1, 0.15) is 23.7 Å². The van der Waals surface area contributed by atoms with Gasteiger partial charge in [-0.1, -0.05) is 48.6 Å². The molecule has 2 aromatic carbocycles. The second-order valence-electron chi connectivity index (χ2n) is 4.68. The van der Waals surface area contributed by atoms with Crippen molar-refractivity contribution >= 4 is 6.08 Å². The van der Waals surface area contributed by atoms with Gasteiger partial charge >= 0.3 is 0 Å². The van der Waals surface area contributed by atoms with E-state index in [1.807, 2.05) is 60.7 Å². The second kappa shape index (κ2) is 5.80. The van der Waals surface area contributed by atoms with E-state index >= 15 is 0 Å². The highest BCUT2D eigenvalue weighted by Crippen LogP contribution is 2.34. The van der Waals surface area contributed by atoms with Crippen LogP contribution in [-0.2, 0) is 0 Å². The van der Waals surface area contributed by atoms with Crippen molar-refractivity contribution in [1.82, 2.24) is 0 Å². The van der Waals surface area contributed by atoms with E-state index in [4.69, 9.17) is 9.47 Å². The lowest BCUT2D eigenvalue weighted by Gasteiger charge is -2.09. The van der Waals surface area contributed by atoms with E-state index in [-0.39, 0.29) is 6.79 Å². The van der Waals surface area contributed by atoms with Crippen LogP contribution in [0.5, 0.6) is 11.5 Å². The first-order chi connectivity index (χ1) is 9.83. The Morgan fingerprint density at radius 1 is 1.05 bits per heavy atom. The smallest absolute Gasteiger partial charge is 0.231 e. The van der Waals surface area contributed by atoms with Crippen molar-refractivity contribution in [2.24, 2.45) is 0 Å². The Hall–Kier alpha value is -2.26. The minimum absolute atomic E-state index is 0.253. The Labute approximate surface area is 118 Å². The van der Waals surface area contributed by atoms with Crippen molar-refractivity contribution in [2.45, 2.75) is 12.5 Å². The molecule has 0 amide bonds. The van der Waals surface area contributed by atoms with Crippen LogP contribution in [0, 0.1) is 0 Å². The molecule has 0 saturated carbocycles. The third-order valence-electron chi connectivity index (χ3n) is 3.25. The van der Waals surface area contributed by atoms with Crippen molar-refractivity contribution < 1.29 is 14.6 Å². The van der Waals surface area contributed by atoms with E-state index in [2.05, 4.69) is 0 Å². The molecule has 0 aromatic heterocycles. The Balaban J connectivity index is 1.64. The van der Waals surface area contributed by atoms with Gasteiger partial charge in [-0.2, -0.15) is 0 Å². The topological polar surface area (TPSA) is 38.7 Å². The summed E-state index contributed by atoms with van der Waals surface area (Å²) in [5.41, 5.74) is 1.97. The van der Waals surface area contributed by atoms with Gasteiger partial charge in [0, 0.05) is 0 Å². The van der Waals surface area contributed by atoms with Gasteiger partial charge in [0.05, 0.1) is 6.10 Å². The van der Waals surface area contributed by atoms with Gasteiger partial charge in [0.1, 0.15) is 0 Å². The molecule has 1 aliphatic rings. The average Bonchev–Trinajstić information content (AvgIpc) is 2.95. The average molecular weight is 268 g/mol. The first kappa shape index (κ1) is 12.8. The summed E-state index contributed by atoms with van der Waals surface area (Å²) in [6, 6.07) is 15.6. The molecule has 1 N–H and O–H groups in total. The van der Waals surface area contributed by atoms with E-state index < -0.39 is 6.10 Å². The normalized spacial score (nSPS) is 14.7. The third kappa shape index (κ3) is 2.83. The van der Waals surface area contributed by atoms with Crippen LogP contribution in [0.3, 0.4) is 0 Å². The van der Waals surface area contributed by atoms with Gasteiger partial charge in [-0.3, -0.25) is 0 Å². The van der Waals surface area contributed by atoms with E-state index in [0.29, 0.717) is 12.2 Å². The quantitative estimate of drug-likeness (QED) is 0.921. The zero-order chi connectivity index (χ0) is 13.8. The highest BCUT2D eigenvalue weighted by atomic mass is 16.7. The molecule has 2 aromatic rings. The number of aliphatic hydroxyl groups excluding tert-OH is 1. The molecule has 1 heterocycles. The summed E-state index contributed by atoms with van der Waals surface area (Å²) >= 11 is 0. The molecule has 3 nitrogen and oxygen atoms in total. The number of fused-ring (bicyclic) bond motifs is 1. The molecule has 1 atom stereocenters. The number of rotatable bonds is 4. The summed E-state index contributed by atoms with van der Waals surface area (Å²) in [5, 5.41) is 10.2. The SMILES string of the molecule is OC(C/C=C/c1ccccc1)c1ccc2c(c1)OCO2. The number of benzene rings is 2. The molecule has 3 rings (SSSR count). The van der Waals surface area contributed by atoms with Gasteiger partial charge in [0.2, 0.25) is 6.79 Å². The highest BCUT2D eigenvalue weighted by Gasteiger charge is 2.15. The molecule has 0 bridgehead atoms. The first-order valence-corrected chi connectivity index (χ1v) is 6.62. The van der Waals surface area contributed by atoms with E-state index in [1.54, 1.807) is 0 Å². The predicted molar refractivity (Wildman–Crippen MR) is 77.6 cm³/mol. The fraction of sp³-hybridized carbons (Fsp3) is 0.176. The lowest BCUT2D eigenvalue weighted by molar-refractivity contribution is 0.172. The molecule has 0 fully saturated rings. The van der Waals surface area contributed by atoms with Gasteiger partial charge in [0.15, 0.2) is 11.5 Å². The molecule has 20 heavy (non-hydrogen) atoms. The molecule has 0 saturated heterocycles. The number of hydrogen-bond acceptors (Lipinski definition) is 3. The molecule has 1 unspecified atom stereocenters. The summed E-state index contributed by atoms with van der Waals surface area (Å²) in [7, 11) is 0. The fourth-order valence-corrected chi connectivity index (χ4v) is 2.15. The van der Waals surface area contributed by atoms with Gasteiger partial charge in [0.25, 0.3) is 0 Å². The zero-order valence-corrected chi connectivity index (χ0v) is 11.0. The maximum Gasteiger partial charge on any atom is 0.231 e. The monoisotopic (exact) mass is 268 g/mol. The van der Waals surface area contributed by atoms with Crippen molar-refractivity contribution in [1.29, 1.82) is 0 Å². The third-order valence-corrected chi connectivity index (χ3v) is 3.25. The molecule has 0 radical (unpaired) electrons. The lowest BCUT2D eigenvalue weighted by atomic mass is 10.1. The minimum Gasteiger partial charge on any atom is -0.454 e. The molecule has 102 valence electrons.